The van der Waals surface area contributed by atoms with Gasteiger partial charge in [0.15, 0.2) is 0 Å². The van der Waals surface area contributed by atoms with Crippen LogP contribution in [0.4, 0.5) is 17.1 Å². The summed E-state index contributed by atoms with van der Waals surface area (Å²) in [5.41, 5.74) is 21.1. The van der Waals surface area contributed by atoms with Crippen LogP contribution in [0, 0.1) is 0 Å². The summed E-state index contributed by atoms with van der Waals surface area (Å²) in [5, 5.41) is 0. The van der Waals surface area contributed by atoms with Gasteiger partial charge in [-0.05, 0) is 146 Å². The lowest BCUT2D eigenvalue weighted by atomic mass is 9.92. The van der Waals surface area contributed by atoms with Crippen LogP contribution in [-0.4, -0.2) is 0 Å². The smallest absolute Gasteiger partial charge is 0.0468 e. The molecule has 0 radical (unpaired) electrons. The van der Waals surface area contributed by atoms with E-state index in [-0.39, 0.29) is 0 Å². The van der Waals surface area contributed by atoms with E-state index in [0.717, 1.165) is 42.7 Å². The molecule has 0 atom stereocenters. The van der Waals surface area contributed by atoms with Gasteiger partial charge >= 0.3 is 0 Å². The molecule has 8 aromatic carbocycles. The van der Waals surface area contributed by atoms with E-state index in [1.54, 1.807) is 0 Å². The number of hydrogen-bond donors (Lipinski definition) is 0. The summed E-state index contributed by atoms with van der Waals surface area (Å²) in [6.07, 6.45) is 13.5. The molecule has 0 aromatic heterocycles. The maximum atomic E-state index is 2.40. The van der Waals surface area contributed by atoms with Gasteiger partial charge in [0.2, 0.25) is 0 Å². The second-order valence-electron chi connectivity index (χ2n) is 15.2. The maximum Gasteiger partial charge on any atom is 0.0468 e. The lowest BCUT2D eigenvalue weighted by Crippen LogP contribution is -2.10. The van der Waals surface area contributed by atoms with Crippen LogP contribution in [0.1, 0.15) is 35.1 Å². The molecule has 0 amide bonds. The lowest BCUT2D eigenvalue weighted by molar-refractivity contribution is 0.986. The van der Waals surface area contributed by atoms with Gasteiger partial charge in [-0.1, -0.05) is 170 Å². The molecule has 1 nitrogen and oxygen atoms in total. The van der Waals surface area contributed by atoms with Gasteiger partial charge in [-0.25, -0.2) is 0 Å². The van der Waals surface area contributed by atoms with Gasteiger partial charge in [0.05, 0.1) is 0 Å². The Bertz CT molecular complexity index is 2740. The number of anilines is 3. The molecule has 0 spiro atoms. The van der Waals surface area contributed by atoms with Gasteiger partial charge in [0, 0.05) is 17.1 Å². The van der Waals surface area contributed by atoms with Crippen molar-refractivity contribution in [3.05, 3.63) is 222 Å². The maximum absolute atomic E-state index is 2.40. The van der Waals surface area contributed by atoms with Crippen molar-refractivity contribution in [2.45, 2.75) is 25.7 Å². The third kappa shape index (κ3) is 7.05. The Balaban J connectivity index is 1.07. The van der Waals surface area contributed by atoms with Crippen molar-refractivity contribution >= 4 is 29.2 Å². The van der Waals surface area contributed by atoms with Crippen LogP contribution in [0.3, 0.4) is 0 Å². The molecule has 0 bridgehead atoms. The Hall–Kier alpha value is -6.96. The van der Waals surface area contributed by atoms with Crippen molar-refractivity contribution in [3.8, 4) is 55.6 Å². The van der Waals surface area contributed by atoms with Gasteiger partial charge in [0.1, 0.15) is 0 Å². The fourth-order valence-corrected chi connectivity index (χ4v) is 8.53. The van der Waals surface area contributed by atoms with Gasteiger partial charge < -0.3 is 4.90 Å². The van der Waals surface area contributed by atoms with Gasteiger partial charge in [-0.3, -0.25) is 0 Å². The fourth-order valence-electron chi connectivity index (χ4n) is 8.53. The zero-order valence-corrected chi connectivity index (χ0v) is 32.0. The molecule has 272 valence electrons. The summed E-state index contributed by atoms with van der Waals surface area (Å²) in [7, 11) is 0. The second-order valence-corrected chi connectivity index (χ2v) is 15.2. The highest BCUT2D eigenvalue weighted by Crippen LogP contribution is 2.42. The highest BCUT2D eigenvalue weighted by molar-refractivity contribution is 5.90. The molecule has 0 fully saturated rings. The predicted octanol–water partition coefficient (Wildman–Crippen LogP) is 15.4. The topological polar surface area (TPSA) is 3.24 Å². The van der Waals surface area contributed by atoms with Crippen LogP contribution in [0.2, 0.25) is 0 Å². The molecular weight excluding hydrogens is 687 g/mol. The van der Waals surface area contributed by atoms with E-state index < -0.39 is 0 Å². The molecule has 2 aliphatic rings. The minimum atomic E-state index is 1.10. The van der Waals surface area contributed by atoms with Crippen molar-refractivity contribution < 1.29 is 0 Å². The first-order valence-electron chi connectivity index (χ1n) is 20.2. The summed E-state index contributed by atoms with van der Waals surface area (Å²) in [4.78, 5) is 2.40. The van der Waals surface area contributed by atoms with Crippen molar-refractivity contribution in [1.29, 1.82) is 0 Å². The minimum Gasteiger partial charge on any atom is -0.310 e. The monoisotopic (exact) mass is 729 g/mol. The van der Waals surface area contributed by atoms with Crippen molar-refractivity contribution in [3.63, 3.8) is 0 Å². The Morgan fingerprint density at radius 3 is 1.46 bits per heavy atom. The molecule has 0 saturated carbocycles. The number of benzene rings is 8. The Morgan fingerprint density at radius 1 is 0.298 bits per heavy atom. The fraction of sp³-hybridized carbons (Fsp3) is 0.0714. The third-order valence-electron chi connectivity index (χ3n) is 11.6. The van der Waals surface area contributed by atoms with E-state index >= 15 is 0 Å². The Morgan fingerprint density at radius 2 is 0.772 bits per heavy atom. The Labute approximate surface area is 336 Å². The summed E-state index contributed by atoms with van der Waals surface area (Å²) < 4.78 is 0. The molecule has 1 heteroatoms. The molecular formula is C56H43N. The number of aryl methyl sites for hydroxylation is 2. The summed E-state index contributed by atoms with van der Waals surface area (Å²) in [6.45, 7) is 0. The highest BCUT2D eigenvalue weighted by atomic mass is 15.1. The average Bonchev–Trinajstić information content (AvgIpc) is 3.30. The van der Waals surface area contributed by atoms with Crippen molar-refractivity contribution in [1.82, 2.24) is 0 Å². The molecule has 57 heavy (non-hydrogen) atoms. The van der Waals surface area contributed by atoms with E-state index in [0.29, 0.717) is 0 Å². The SMILES string of the molecule is C1=Cc2cc(-c3ccc(N(c4ccc(-c5ccc6c(c5)CCC=C6)cc4)c4ccc(-c5ccccc5)c(-c5ccc(-c6ccccc6)cc5)c4)cc3)ccc2CC1. The molecule has 10 rings (SSSR count). The molecule has 0 N–H and O–H groups in total. The summed E-state index contributed by atoms with van der Waals surface area (Å²) >= 11 is 0. The van der Waals surface area contributed by atoms with Crippen LogP contribution in [-0.2, 0) is 12.8 Å². The van der Waals surface area contributed by atoms with Crippen LogP contribution in [0.5, 0.6) is 0 Å². The molecule has 0 heterocycles. The number of fused-ring (bicyclic) bond motifs is 2. The van der Waals surface area contributed by atoms with E-state index in [9.17, 15) is 0 Å². The zero-order chi connectivity index (χ0) is 38.0. The van der Waals surface area contributed by atoms with Crippen LogP contribution < -0.4 is 4.90 Å². The molecule has 2 aliphatic carbocycles. The normalized spacial score (nSPS) is 12.8. The van der Waals surface area contributed by atoms with Crippen molar-refractivity contribution in [2.24, 2.45) is 0 Å². The summed E-state index contributed by atoms with van der Waals surface area (Å²) in [5.74, 6) is 0. The lowest BCUT2D eigenvalue weighted by Gasteiger charge is -2.27. The Kier molecular flexibility index (Phi) is 9.26. The van der Waals surface area contributed by atoms with E-state index in [2.05, 4.69) is 217 Å². The number of hydrogen-bond acceptors (Lipinski definition) is 1. The molecule has 0 unspecified atom stereocenters. The van der Waals surface area contributed by atoms with Crippen LogP contribution in [0.15, 0.2) is 200 Å². The van der Waals surface area contributed by atoms with Gasteiger partial charge in [-0.15, -0.1) is 0 Å². The number of rotatable bonds is 8. The van der Waals surface area contributed by atoms with E-state index in [4.69, 9.17) is 0 Å². The van der Waals surface area contributed by atoms with E-state index in [1.165, 1.54) is 77.9 Å². The van der Waals surface area contributed by atoms with Gasteiger partial charge in [-0.2, -0.15) is 0 Å². The van der Waals surface area contributed by atoms with Crippen LogP contribution in [0.25, 0.3) is 67.8 Å². The first-order chi connectivity index (χ1) is 28.2. The largest absolute Gasteiger partial charge is 0.310 e. The van der Waals surface area contributed by atoms with Gasteiger partial charge in [0.25, 0.3) is 0 Å². The second kappa shape index (κ2) is 15.3. The first kappa shape index (κ1) is 34.5. The number of allylic oxidation sites excluding steroid dienone is 2. The quantitative estimate of drug-likeness (QED) is 0.151. The predicted molar refractivity (Wildman–Crippen MR) is 243 cm³/mol. The number of nitrogens with zero attached hydrogens (tertiary/aromatic N) is 1. The third-order valence-corrected chi connectivity index (χ3v) is 11.6. The molecule has 0 saturated heterocycles. The van der Waals surface area contributed by atoms with Crippen molar-refractivity contribution in [2.75, 3.05) is 4.90 Å². The average molecular weight is 730 g/mol. The van der Waals surface area contributed by atoms with Crippen LogP contribution >= 0.6 is 0 Å². The first-order valence-corrected chi connectivity index (χ1v) is 20.2. The highest BCUT2D eigenvalue weighted by Gasteiger charge is 2.18. The molecule has 0 aliphatic heterocycles. The minimum absolute atomic E-state index is 1.10. The zero-order valence-electron chi connectivity index (χ0n) is 32.0. The molecule has 8 aromatic rings. The summed E-state index contributed by atoms with van der Waals surface area (Å²) in [6, 6.07) is 69.3. The van der Waals surface area contributed by atoms with E-state index in [1.807, 2.05) is 0 Å². The standard InChI is InChI=1S/C56H43N/c1-3-11-40(12-4-1)43-19-23-47(24-20-43)56-39-54(35-36-55(56)46-15-5-2-6-16-46)57(52-31-27-44(28-32-52)50-25-21-41-13-7-9-17-48(41)37-50)53-33-29-45(30-34-53)51-26-22-42-14-8-10-18-49(42)38-51/h1-7,10-13,15-16,18-39H,8-9,14,17H2.